The van der Waals surface area contributed by atoms with Crippen LogP contribution in [0.1, 0.15) is 18.5 Å². The van der Waals surface area contributed by atoms with E-state index in [2.05, 4.69) is 34.7 Å². The standard InChI is InChI=1S/C15H23N4O14P3/c1-3-4-28-8-29-10-5-12(19-7-16-13-14(19)17-9(2)18-15(13)20)31-11(10)6-30-35(24,25)33-36(26,27)32-34(21,22)23/h3,7,10-12H,1,4-6,8H2,2H3,(H,24,25)(H,26,27)(H,17,18,20)(H2,21,22,23)/t10?,11-,12-/m1/s1. The van der Waals surface area contributed by atoms with Gasteiger partial charge in [0.25, 0.3) is 5.56 Å². The van der Waals surface area contributed by atoms with E-state index in [1.54, 1.807) is 6.92 Å². The average molecular weight is 576 g/mol. The minimum absolute atomic E-state index is 0.0488. The van der Waals surface area contributed by atoms with Crippen molar-refractivity contribution in [3.05, 3.63) is 35.2 Å². The Balaban J connectivity index is 1.75. The number of rotatable bonds is 13. The van der Waals surface area contributed by atoms with Crippen molar-refractivity contribution in [3.63, 3.8) is 0 Å². The predicted octanol–water partition coefficient (Wildman–Crippen LogP) is 0.604. The van der Waals surface area contributed by atoms with Crippen LogP contribution >= 0.6 is 23.5 Å². The monoisotopic (exact) mass is 576 g/mol. The summed E-state index contributed by atoms with van der Waals surface area (Å²) in [7, 11) is -16.6. The molecule has 1 saturated heterocycles. The molecule has 3 rings (SSSR count). The van der Waals surface area contributed by atoms with Crippen LogP contribution in [-0.4, -0.2) is 71.3 Å². The molecular weight excluding hydrogens is 553 g/mol. The van der Waals surface area contributed by atoms with Crippen LogP contribution in [0.15, 0.2) is 23.8 Å². The van der Waals surface area contributed by atoms with Gasteiger partial charge in [-0.2, -0.15) is 8.62 Å². The van der Waals surface area contributed by atoms with E-state index in [0.29, 0.717) is 5.82 Å². The summed E-state index contributed by atoms with van der Waals surface area (Å²) in [6.45, 7) is 4.27. The Morgan fingerprint density at radius 3 is 2.64 bits per heavy atom. The molecule has 0 aromatic carbocycles. The molecule has 1 aliphatic heterocycles. The molecule has 2 aromatic heterocycles. The van der Waals surface area contributed by atoms with E-state index in [4.69, 9.17) is 24.0 Å². The SMILES string of the molecule is C=CCOCOC1C[C@H](n2cnc3c(=O)[nH]c(C)nc32)O[C@@H]1COP(=O)(O)OP(=O)(O)OP(=O)(O)O. The zero-order valence-corrected chi connectivity index (χ0v) is 21.2. The number of hydrogen-bond acceptors (Lipinski definition) is 12. The number of aromatic nitrogens is 4. The van der Waals surface area contributed by atoms with Gasteiger partial charge in [0, 0.05) is 6.42 Å². The van der Waals surface area contributed by atoms with E-state index < -0.39 is 54.1 Å². The maximum atomic E-state index is 12.1. The van der Waals surface area contributed by atoms with Gasteiger partial charge in [0.05, 0.1) is 25.6 Å². The molecule has 0 spiro atoms. The average Bonchev–Trinajstić information content (AvgIpc) is 3.31. The fourth-order valence-corrected chi connectivity index (χ4v) is 6.21. The van der Waals surface area contributed by atoms with Crippen molar-refractivity contribution in [1.82, 2.24) is 19.5 Å². The second kappa shape index (κ2) is 11.4. The molecule has 2 aromatic rings. The van der Waals surface area contributed by atoms with Gasteiger partial charge in [0.1, 0.15) is 24.9 Å². The Morgan fingerprint density at radius 2 is 1.97 bits per heavy atom. The summed E-state index contributed by atoms with van der Waals surface area (Å²) >= 11 is 0. The number of aryl methyl sites for hydroxylation is 1. The number of imidazole rings is 1. The molecule has 0 radical (unpaired) electrons. The third kappa shape index (κ3) is 7.94. The number of hydrogen-bond donors (Lipinski definition) is 5. The first kappa shape index (κ1) is 28.9. The van der Waals surface area contributed by atoms with E-state index in [0.717, 1.165) is 0 Å². The van der Waals surface area contributed by atoms with E-state index >= 15 is 0 Å². The van der Waals surface area contributed by atoms with Crippen molar-refractivity contribution in [2.45, 2.75) is 31.8 Å². The molecule has 0 saturated carbocycles. The van der Waals surface area contributed by atoms with Crippen LogP contribution in [0, 0.1) is 6.92 Å². The first-order chi connectivity index (χ1) is 16.7. The number of ether oxygens (including phenoxy) is 3. The van der Waals surface area contributed by atoms with E-state index in [1.807, 2.05) is 0 Å². The summed E-state index contributed by atoms with van der Waals surface area (Å²) in [6, 6.07) is 0. The minimum Gasteiger partial charge on any atom is -0.351 e. The molecule has 0 bridgehead atoms. The van der Waals surface area contributed by atoms with Crippen molar-refractivity contribution in [2.75, 3.05) is 20.0 Å². The van der Waals surface area contributed by atoms with E-state index in [1.165, 1.54) is 17.0 Å². The van der Waals surface area contributed by atoms with Crippen LogP contribution < -0.4 is 5.56 Å². The molecule has 5 atom stereocenters. The molecule has 0 amide bonds. The van der Waals surface area contributed by atoms with Gasteiger partial charge in [-0.05, 0) is 6.92 Å². The highest BCUT2D eigenvalue weighted by Crippen LogP contribution is 2.66. The Kier molecular flexibility index (Phi) is 9.17. The predicted molar refractivity (Wildman–Crippen MR) is 117 cm³/mol. The Morgan fingerprint density at radius 1 is 1.25 bits per heavy atom. The van der Waals surface area contributed by atoms with Crippen LogP contribution in [0.3, 0.4) is 0 Å². The molecule has 3 unspecified atom stereocenters. The Labute approximate surface area is 202 Å². The van der Waals surface area contributed by atoms with Gasteiger partial charge in [0.2, 0.25) is 0 Å². The zero-order valence-electron chi connectivity index (χ0n) is 18.5. The molecule has 3 heterocycles. The van der Waals surface area contributed by atoms with Crippen molar-refractivity contribution in [3.8, 4) is 0 Å². The van der Waals surface area contributed by atoms with Gasteiger partial charge in [0.15, 0.2) is 11.2 Å². The number of phosphoric acid groups is 3. The van der Waals surface area contributed by atoms with Crippen LogP contribution in [0.2, 0.25) is 0 Å². The molecule has 21 heteroatoms. The third-order valence-electron chi connectivity index (χ3n) is 4.46. The van der Waals surface area contributed by atoms with Gasteiger partial charge in [-0.1, -0.05) is 6.08 Å². The lowest BCUT2D eigenvalue weighted by Gasteiger charge is -2.21. The van der Waals surface area contributed by atoms with Crippen molar-refractivity contribution in [2.24, 2.45) is 0 Å². The van der Waals surface area contributed by atoms with Crippen LogP contribution in [0.4, 0.5) is 0 Å². The Bertz CT molecular complexity index is 1290. The topological polar surface area (TPSA) is 251 Å². The molecule has 36 heavy (non-hydrogen) atoms. The maximum Gasteiger partial charge on any atom is 0.490 e. The minimum atomic E-state index is -5.68. The number of aromatic amines is 1. The molecule has 1 aliphatic rings. The first-order valence-corrected chi connectivity index (χ1v) is 14.4. The van der Waals surface area contributed by atoms with Crippen molar-refractivity contribution >= 4 is 34.6 Å². The third-order valence-corrected chi connectivity index (χ3v) is 8.26. The highest BCUT2D eigenvalue weighted by Gasteiger charge is 2.43. The lowest BCUT2D eigenvalue weighted by molar-refractivity contribution is -0.112. The lowest BCUT2D eigenvalue weighted by atomic mass is 10.2. The van der Waals surface area contributed by atoms with Crippen molar-refractivity contribution in [1.29, 1.82) is 0 Å². The summed E-state index contributed by atoms with van der Waals surface area (Å²) in [5.74, 6) is 0.321. The van der Waals surface area contributed by atoms with Gasteiger partial charge in [-0.15, -0.1) is 6.58 Å². The molecule has 5 N–H and O–H groups in total. The van der Waals surface area contributed by atoms with Gasteiger partial charge >= 0.3 is 23.5 Å². The maximum absolute atomic E-state index is 12.1. The number of H-pyrrole nitrogens is 1. The molecule has 18 nitrogen and oxygen atoms in total. The fourth-order valence-electron chi connectivity index (χ4n) is 3.18. The van der Waals surface area contributed by atoms with Crippen LogP contribution in [0.5, 0.6) is 0 Å². The zero-order chi connectivity index (χ0) is 26.7. The Hall–Kier alpha value is -1.62. The van der Waals surface area contributed by atoms with E-state index in [9.17, 15) is 28.3 Å². The lowest BCUT2D eigenvalue weighted by Crippen LogP contribution is -2.29. The molecular formula is C15H23N4O14P3. The van der Waals surface area contributed by atoms with Crippen molar-refractivity contribution < 1.29 is 60.6 Å². The fraction of sp³-hybridized carbons (Fsp3) is 0.533. The van der Waals surface area contributed by atoms with Crippen LogP contribution in [-0.2, 0) is 41.1 Å². The molecule has 1 fully saturated rings. The number of phosphoric ester groups is 1. The largest absolute Gasteiger partial charge is 0.490 e. The number of nitrogens with one attached hydrogen (secondary N) is 1. The molecule has 202 valence electrons. The smallest absolute Gasteiger partial charge is 0.351 e. The van der Waals surface area contributed by atoms with E-state index in [-0.39, 0.29) is 31.0 Å². The summed E-state index contributed by atoms with van der Waals surface area (Å²) in [5.41, 5.74) is -0.215. The van der Waals surface area contributed by atoms with Gasteiger partial charge < -0.3 is 38.8 Å². The van der Waals surface area contributed by atoms with Crippen LogP contribution in [0.25, 0.3) is 11.2 Å². The normalized spacial score (nSPS) is 24.0. The quantitative estimate of drug-likeness (QED) is 0.0947. The summed E-state index contributed by atoms with van der Waals surface area (Å²) < 4.78 is 64.5. The number of nitrogens with zero attached hydrogens (tertiary/aromatic N) is 3. The second-order valence-electron chi connectivity index (χ2n) is 7.21. The summed E-state index contributed by atoms with van der Waals surface area (Å²) in [5, 5.41) is 0. The summed E-state index contributed by atoms with van der Waals surface area (Å²) in [6.07, 6.45) is 0.157. The van der Waals surface area contributed by atoms with Gasteiger partial charge in [-0.25, -0.2) is 23.7 Å². The second-order valence-corrected chi connectivity index (χ2v) is 11.6. The van der Waals surface area contributed by atoms with Gasteiger partial charge in [-0.3, -0.25) is 13.9 Å². The highest BCUT2D eigenvalue weighted by molar-refractivity contribution is 7.66. The summed E-state index contributed by atoms with van der Waals surface area (Å²) in [4.78, 5) is 59.2. The number of fused-ring (bicyclic) bond motifs is 1. The molecule has 0 aliphatic carbocycles. The first-order valence-electron chi connectivity index (χ1n) is 9.87. The highest BCUT2D eigenvalue weighted by atomic mass is 31.3.